The van der Waals surface area contributed by atoms with Crippen LogP contribution in [0.4, 0.5) is 36.6 Å². The molecule has 0 aromatic carbocycles. The number of nitrogens with zero attached hydrogens (tertiary/aromatic N) is 7. The van der Waals surface area contributed by atoms with Crippen LogP contribution in [0.1, 0.15) is 21.7 Å². The van der Waals surface area contributed by atoms with E-state index in [9.17, 15) is 43.9 Å². The van der Waals surface area contributed by atoms with Crippen LogP contribution < -0.4 is 10.3 Å². The molecule has 0 atom stereocenters. The summed E-state index contributed by atoms with van der Waals surface area (Å²) in [5.74, 6) is -3.19. The molecule has 0 radical (unpaired) electrons. The number of alkyl halides is 6. The summed E-state index contributed by atoms with van der Waals surface area (Å²) < 4.78 is 117. The zero-order chi connectivity index (χ0) is 28.0. The number of sulfonamides is 1. The average Bonchev–Trinajstić information content (AvgIpc) is 3.21. The number of hydrogen-bond donors (Lipinski definition) is 1. The van der Waals surface area contributed by atoms with Crippen molar-refractivity contribution in [3.8, 4) is 0 Å². The van der Waals surface area contributed by atoms with E-state index in [1.807, 2.05) is 0 Å². The Labute approximate surface area is 212 Å². The number of rotatable bonds is 5. The Morgan fingerprint density at radius 3 is 2.39 bits per heavy atom. The molecule has 0 saturated heterocycles. The number of pyridine rings is 1. The Morgan fingerprint density at radius 1 is 1.11 bits per heavy atom. The molecule has 0 saturated carbocycles. The second kappa shape index (κ2) is 9.53. The summed E-state index contributed by atoms with van der Waals surface area (Å²) >= 11 is 5.77. The molecular weight excluding hydrogens is 577 g/mol. The van der Waals surface area contributed by atoms with Gasteiger partial charge in [-0.05, 0) is 11.6 Å². The minimum atomic E-state index is -5.67. The number of aromatic nitrogens is 4. The van der Waals surface area contributed by atoms with Gasteiger partial charge in [0.15, 0.2) is 17.3 Å². The van der Waals surface area contributed by atoms with Crippen LogP contribution in [0.25, 0.3) is 5.78 Å². The third kappa shape index (κ3) is 5.15. The van der Waals surface area contributed by atoms with Crippen LogP contribution in [0, 0.1) is 5.82 Å². The highest BCUT2D eigenvalue weighted by Gasteiger charge is 2.50. The van der Waals surface area contributed by atoms with Crippen LogP contribution >= 0.6 is 11.6 Å². The quantitative estimate of drug-likeness (QED) is 0.455. The van der Waals surface area contributed by atoms with E-state index in [0.29, 0.717) is 6.34 Å². The fraction of sp³-hybridized carbons (Fsp3) is 0.278. The van der Waals surface area contributed by atoms with Crippen molar-refractivity contribution >= 4 is 45.5 Å². The fourth-order valence-electron chi connectivity index (χ4n) is 3.25. The van der Waals surface area contributed by atoms with Crippen LogP contribution in [0.3, 0.4) is 0 Å². The lowest BCUT2D eigenvalue weighted by molar-refractivity contribution is -0.141. The minimum absolute atomic E-state index is 0.000372. The van der Waals surface area contributed by atoms with Crippen molar-refractivity contribution in [3.05, 3.63) is 52.4 Å². The first-order chi connectivity index (χ1) is 17.6. The van der Waals surface area contributed by atoms with Gasteiger partial charge in [-0.15, -0.1) is 0 Å². The molecule has 4 heterocycles. The predicted molar refractivity (Wildman–Crippen MR) is 116 cm³/mol. The van der Waals surface area contributed by atoms with Gasteiger partial charge in [0.1, 0.15) is 12.0 Å². The minimum Gasteiger partial charge on any atom is -0.347 e. The summed E-state index contributed by atoms with van der Waals surface area (Å²) in [6, 6.07) is 0.856. The SMILES string of the molecule is O=C(NCc1cnc(N2CCN(S(=O)(=O)C(F)(F)F)C=N2)c(F)c1)c1c(C(F)(F)F)nc2ncc(Cl)cn12. The number of imidazole rings is 1. The standard InChI is InChI=1S/C18H12ClF7N8O3S/c19-10-6-29-16-31-13(17(21,22)23)12(33(16)7-10)15(35)28-5-9-3-11(20)14(27-4-9)34-2-1-32(8-30-34)38(36,37)18(24,25)26/h3-4,6-8H,1-2,5H2,(H,28,35). The summed E-state index contributed by atoms with van der Waals surface area (Å²) in [5, 5.41) is 6.41. The molecule has 4 rings (SSSR count). The number of anilines is 1. The van der Waals surface area contributed by atoms with E-state index < -0.39 is 76.0 Å². The number of halogens is 8. The Hall–Kier alpha value is -3.74. The molecule has 1 aliphatic heterocycles. The second-order valence-electron chi connectivity index (χ2n) is 7.50. The summed E-state index contributed by atoms with van der Waals surface area (Å²) in [4.78, 5) is 23.4. The smallest absolute Gasteiger partial charge is 0.347 e. The highest BCUT2D eigenvalue weighted by atomic mass is 35.5. The molecule has 20 heteroatoms. The van der Waals surface area contributed by atoms with E-state index in [0.717, 1.165) is 34.1 Å². The first-order valence-corrected chi connectivity index (χ1v) is 11.8. The Kier molecular flexibility index (Phi) is 6.85. The van der Waals surface area contributed by atoms with E-state index in [2.05, 4.69) is 25.4 Å². The Bertz CT molecular complexity index is 1540. The number of fused-ring (bicyclic) bond motifs is 1. The van der Waals surface area contributed by atoms with Gasteiger partial charge in [0, 0.05) is 18.9 Å². The molecule has 1 aliphatic rings. The molecule has 1 N–H and O–H groups in total. The summed E-state index contributed by atoms with van der Waals surface area (Å²) in [6.45, 7) is -1.66. The summed E-state index contributed by atoms with van der Waals surface area (Å²) in [7, 11) is -5.67. The molecule has 204 valence electrons. The number of amides is 1. The second-order valence-corrected chi connectivity index (χ2v) is 9.81. The molecule has 38 heavy (non-hydrogen) atoms. The molecule has 3 aromatic heterocycles. The number of hydrogen-bond acceptors (Lipinski definition) is 8. The molecule has 3 aromatic rings. The lowest BCUT2D eigenvalue weighted by atomic mass is 10.2. The number of carbonyl (C=O) groups is 1. The molecule has 0 bridgehead atoms. The highest BCUT2D eigenvalue weighted by molar-refractivity contribution is 7.90. The molecule has 0 aliphatic carbocycles. The molecule has 0 unspecified atom stereocenters. The lowest BCUT2D eigenvalue weighted by Gasteiger charge is -2.29. The largest absolute Gasteiger partial charge is 0.516 e. The first-order valence-electron chi connectivity index (χ1n) is 10.0. The van der Waals surface area contributed by atoms with Crippen molar-refractivity contribution in [2.75, 3.05) is 18.1 Å². The van der Waals surface area contributed by atoms with Crippen molar-refractivity contribution in [2.24, 2.45) is 5.10 Å². The maximum absolute atomic E-state index is 14.6. The summed E-state index contributed by atoms with van der Waals surface area (Å²) in [6.07, 6.45) is -1.56. The van der Waals surface area contributed by atoms with E-state index in [1.165, 1.54) is 0 Å². The van der Waals surface area contributed by atoms with Crippen molar-refractivity contribution in [3.63, 3.8) is 0 Å². The van der Waals surface area contributed by atoms with Gasteiger partial charge < -0.3 is 5.32 Å². The van der Waals surface area contributed by atoms with Crippen LogP contribution in [0.2, 0.25) is 5.02 Å². The van der Waals surface area contributed by atoms with E-state index in [-0.39, 0.29) is 14.9 Å². The first kappa shape index (κ1) is 27.3. The maximum Gasteiger partial charge on any atom is 0.516 e. The third-order valence-electron chi connectivity index (χ3n) is 4.96. The van der Waals surface area contributed by atoms with Gasteiger partial charge in [-0.1, -0.05) is 11.6 Å². The normalized spacial score (nSPS) is 14.8. The number of nitrogens with one attached hydrogen (secondary N) is 1. The van der Waals surface area contributed by atoms with E-state index in [4.69, 9.17) is 11.6 Å². The zero-order valence-electron chi connectivity index (χ0n) is 18.3. The number of hydrazone groups is 1. The van der Waals surface area contributed by atoms with Gasteiger partial charge >= 0.3 is 21.7 Å². The molecule has 0 fully saturated rings. The molecular formula is C18H12ClF7N8O3S. The Balaban J connectivity index is 1.50. The van der Waals surface area contributed by atoms with Gasteiger partial charge in [-0.2, -0.15) is 39.9 Å². The van der Waals surface area contributed by atoms with Crippen molar-refractivity contribution in [1.29, 1.82) is 0 Å². The maximum atomic E-state index is 14.6. The van der Waals surface area contributed by atoms with Gasteiger partial charge in [0.05, 0.1) is 24.3 Å². The molecule has 0 spiro atoms. The van der Waals surface area contributed by atoms with Gasteiger partial charge in [0.2, 0.25) is 5.78 Å². The highest BCUT2D eigenvalue weighted by Crippen LogP contribution is 2.32. The average molecular weight is 589 g/mol. The zero-order valence-corrected chi connectivity index (χ0v) is 19.9. The van der Waals surface area contributed by atoms with Crippen molar-refractivity contribution in [2.45, 2.75) is 18.2 Å². The van der Waals surface area contributed by atoms with Crippen LogP contribution in [0.5, 0.6) is 0 Å². The number of carbonyl (C=O) groups excluding carboxylic acids is 1. The van der Waals surface area contributed by atoms with E-state index in [1.54, 1.807) is 0 Å². The molecule has 11 nitrogen and oxygen atoms in total. The van der Waals surface area contributed by atoms with Crippen molar-refractivity contribution < 1.29 is 43.9 Å². The van der Waals surface area contributed by atoms with Crippen molar-refractivity contribution in [1.82, 2.24) is 29.0 Å². The van der Waals surface area contributed by atoms with Gasteiger partial charge in [0.25, 0.3) is 5.91 Å². The van der Waals surface area contributed by atoms with Gasteiger partial charge in [-0.3, -0.25) is 9.20 Å². The van der Waals surface area contributed by atoms with Crippen LogP contribution in [0.15, 0.2) is 29.8 Å². The fourth-order valence-corrected chi connectivity index (χ4v) is 4.15. The molecule has 1 amide bonds. The van der Waals surface area contributed by atoms with Crippen LogP contribution in [-0.2, 0) is 22.7 Å². The Morgan fingerprint density at radius 2 is 1.82 bits per heavy atom. The monoisotopic (exact) mass is 588 g/mol. The topological polar surface area (TPSA) is 125 Å². The lowest BCUT2D eigenvalue weighted by Crippen LogP contribution is -2.46. The third-order valence-corrected chi connectivity index (χ3v) is 6.64. The van der Waals surface area contributed by atoms with Gasteiger partial charge in [-0.25, -0.2) is 28.7 Å². The predicted octanol–water partition coefficient (Wildman–Crippen LogP) is 2.78. The summed E-state index contributed by atoms with van der Waals surface area (Å²) in [5.41, 5.74) is -7.98. The van der Waals surface area contributed by atoms with E-state index >= 15 is 0 Å². The van der Waals surface area contributed by atoms with Crippen LogP contribution in [-0.4, -0.2) is 62.9 Å².